The first-order valence-electron chi connectivity index (χ1n) is 10.8. The van der Waals surface area contributed by atoms with Gasteiger partial charge in [0.25, 0.3) is 0 Å². The van der Waals surface area contributed by atoms with Crippen molar-refractivity contribution in [1.82, 2.24) is 4.90 Å². The number of hydrogen-bond donors (Lipinski definition) is 0. The summed E-state index contributed by atoms with van der Waals surface area (Å²) in [6.07, 6.45) is 4.39. The van der Waals surface area contributed by atoms with Gasteiger partial charge in [-0.2, -0.15) is 0 Å². The zero-order chi connectivity index (χ0) is 22.1. The smallest absolute Gasteiger partial charge is 0.247 e. The maximum Gasteiger partial charge on any atom is 0.247 e. The number of amides is 1. The summed E-state index contributed by atoms with van der Waals surface area (Å²) in [6, 6.07) is 22.4. The highest BCUT2D eigenvalue weighted by Crippen LogP contribution is 2.37. The van der Waals surface area contributed by atoms with Gasteiger partial charge in [-0.3, -0.25) is 4.79 Å². The minimum absolute atomic E-state index is 0.0228. The first kappa shape index (κ1) is 20.1. The van der Waals surface area contributed by atoms with E-state index in [1.807, 2.05) is 42.2 Å². The molecule has 160 valence electrons. The largest absolute Gasteiger partial charge is 0.496 e. The number of nitrogens with zero attached hydrogens (tertiary/aromatic N) is 1. The maximum absolute atomic E-state index is 13.1. The van der Waals surface area contributed by atoms with Gasteiger partial charge in [0.2, 0.25) is 5.91 Å². The molecule has 0 bridgehead atoms. The van der Waals surface area contributed by atoms with E-state index in [9.17, 15) is 4.79 Å². The van der Waals surface area contributed by atoms with E-state index >= 15 is 0 Å². The highest BCUT2D eigenvalue weighted by molar-refractivity contribution is 6.00. The average molecular weight is 424 g/mol. The van der Waals surface area contributed by atoms with Crippen molar-refractivity contribution in [3.63, 3.8) is 0 Å². The maximum atomic E-state index is 13.1. The molecule has 0 aliphatic carbocycles. The predicted octanol–water partition coefficient (Wildman–Crippen LogP) is 6.10. The number of ether oxygens (including phenoxy) is 1. The number of carbonyl (C=O) groups excluding carboxylic acids is 1. The third kappa shape index (κ3) is 3.69. The number of carbonyl (C=O) groups is 1. The summed E-state index contributed by atoms with van der Waals surface area (Å²) in [5, 5.41) is 0.999. The highest BCUT2D eigenvalue weighted by Gasteiger charge is 2.20. The van der Waals surface area contributed by atoms with Gasteiger partial charge in [-0.25, -0.2) is 0 Å². The van der Waals surface area contributed by atoms with Crippen LogP contribution in [0.15, 0.2) is 83.5 Å². The molecule has 0 fully saturated rings. The molecule has 32 heavy (non-hydrogen) atoms. The third-order valence-electron chi connectivity index (χ3n) is 6.19. The number of allylic oxidation sites excluding steroid dienone is 1. The Bertz CT molecular complexity index is 1320. The van der Waals surface area contributed by atoms with Gasteiger partial charge >= 0.3 is 0 Å². The van der Waals surface area contributed by atoms with E-state index in [2.05, 4.69) is 36.4 Å². The topological polar surface area (TPSA) is 42.7 Å². The van der Waals surface area contributed by atoms with E-state index in [1.165, 1.54) is 11.1 Å². The van der Waals surface area contributed by atoms with E-state index < -0.39 is 0 Å². The van der Waals surface area contributed by atoms with Crippen LogP contribution >= 0.6 is 0 Å². The molecule has 4 nitrogen and oxygen atoms in total. The number of rotatable bonds is 4. The molecular formula is C28H25NO3. The molecule has 0 radical (unpaired) electrons. The Labute approximate surface area is 187 Å². The van der Waals surface area contributed by atoms with Gasteiger partial charge in [-0.1, -0.05) is 54.6 Å². The molecule has 0 N–H and O–H groups in total. The van der Waals surface area contributed by atoms with Gasteiger partial charge in [-0.05, 0) is 41.7 Å². The molecule has 0 atom stereocenters. The molecule has 0 spiro atoms. The van der Waals surface area contributed by atoms with Crippen LogP contribution in [0, 0.1) is 0 Å². The number of methoxy groups -OCH3 is 1. The molecular weight excluding hydrogens is 398 g/mol. The Morgan fingerprint density at radius 3 is 2.56 bits per heavy atom. The second-order valence-corrected chi connectivity index (χ2v) is 8.17. The summed E-state index contributed by atoms with van der Waals surface area (Å²) >= 11 is 0. The Kier molecular flexibility index (Phi) is 5.28. The second-order valence-electron chi connectivity index (χ2n) is 8.17. The molecule has 1 amide bonds. The number of furan rings is 1. The Hall–Kier alpha value is -3.79. The zero-order valence-electron chi connectivity index (χ0n) is 18.3. The Balaban J connectivity index is 1.49. The number of fused-ring (bicyclic) bond motifs is 2. The molecule has 0 saturated carbocycles. The van der Waals surface area contributed by atoms with Crippen molar-refractivity contribution in [3.05, 3.63) is 95.8 Å². The Morgan fingerprint density at radius 1 is 1.03 bits per heavy atom. The van der Waals surface area contributed by atoms with Crippen LogP contribution < -0.4 is 4.74 Å². The standard InChI is InChI=1S/C28H25NO3/c1-19(14-28(30)29-13-12-20-8-6-7-11-22(20)17-29)23-15-24-25(21-9-4-3-5-10-21)18-32-27(24)16-26(23)31-2/h3-11,14-16,18H,12-13,17H2,1-2H3/b19-14+. The predicted molar refractivity (Wildman–Crippen MR) is 127 cm³/mol. The number of hydrogen-bond acceptors (Lipinski definition) is 3. The molecule has 4 aromatic rings. The van der Waals surface area contributed by atoms with E-state index in [4.69, 9.17) is 9.15 Å². The summed E-state index contributed by atoms with van der Waals surface area (Å²) in [7, 11) is 1.64. The van der Waals surface area contributed by atoms with Gasteiger partial charge in [0.1, 0.15) is 11.3 Å². The van der Waals surface area contributed by atoms with E-state index in [1.54, 1.807) is 19.4 Å². The quantitative estimate of drug-likeness (QED) is 0.373. The molecule has 1 aliphatic rings. The van der Waals surface area contributed by atoms with Crippen molar-refractivity contribution in [1.29, 1.82) is 0 Å². The summed E-state index contributed by atoms with van der Waals surface area (Å²) in [4.78, 5) is 15.0. The van der Waals surface area contributed by atoms with Crippen molar-refractivity contribution in [2.75, 3.05) is 13.7 Å². The summed E-state index contributed by atoms with van der Waals surface area (Å²) in [5.74, 6) is 0.714. The fourth-order valence-corrected chi connectivity index (χ4v) is 4.41. The molecule has 1 aromatic heterocycles. The fraction of sp³-hybridized carbons (Fsp3) is 0.179. The minimum atomic E-state index is 0.0228. The minimum Gasteiger partial charge on any atom is -0.496 e. The average Bonchev–Trinajstić information content (AvgIpc) is 3.26. The van der Waals surface area contributed by atoms with Crippen LogP contribution in [0.3, 0.4) is 0 Å². The fourth-order valence-electron chi connectivity index (χ4n) is 4.41. The van der Waals surface area contributed by atoms with Gasteiger partial charge < -0.3 is 14.1 Å². The van der Waals surface area contributed by atoms with Gasteiger partial charge in [-0.15, -0.1) is 0 Å². The van der Waals surface area contributed by atoms with Crippen LogP contribution in [0.2, 0.25) is 0 Å². The second kappa shape index (κ2) is 8.39. The van der Waals surface area contributed by atoms with Crippen molar-refractivity contribution < 1.29 is 13.9 Å². The van der Waals surface area contributed by atoms with Crippen LogP contribution in [0.1, 0.15) is 23.6 Å². The van der Waals surface area contributed by atoms with Crippen LogP contribution in [-0.2, 0) is 17.8 Å². The van der Waals surface area contributed by atoms with Crippen molar-refractivity contribution in [3.8, 4) is 16.9 Å². The van der Waals surface area contributed by atoms with E-state index in [0.717, 1.165) is 46.2 Å². The SMILES string of the molecule is COc1cc2occ(-c3ccccc3)c2cc1/C(C)=C/C(=O)N1CCc2ccccc2C1. The normalized spacial score (nSPS) is 13.8. The van der Waals surface area contributed by atoms with Crippen LogP contribution in [0.4, 0.5) is 0 Å². The molecule has 3 aromatic carbocycles. The van der Waals surface area contributed by atoms with Gasteiger partial charge in [0.15, 0.2) is 0 Å². The molecule has 5 rings (SSSR count). The molecule has 4 heteroatoms. The lowest BCUT2D eigenvalue weighted by Crippen LogP contribution is -2.34. The summed E-state index contributed by atoms with van der Waals surface area (Å²) in [5.41, 5.74) is 7.19. The zero-order valence-corrected chi connectivity index (χ0v) is 18.3. The van der Waals surface area contributed by atoms with Crippen LogP contribution in [-0.4, -0.2) is 24.5 Å². The lowest BCUT2D eigenvalue weighted by Gasteiger charge is -2.28. The van der Waals surface area contributed by atoms with Crippen LogP contribution in [0.5, 0.6) is 5.75 Å². The van der Waals surface area contributed by atoms with E-state index in [-0.39, 0.29) is 5.91 Å². The molecule has 1 aliphatic heterocycles. The molecule has 0 unspecified atom stereocenters. The van der Waals surface area contributed by atoms with E-state index in [0.29, 0.717) is 12.3 Å². The lowest BCUT2D eigenvalue weighted by atomic mass is 9.98. The Morgan fingerprint density at radius 2 is 1.78 bits per heavy atom. The van der Waals surface area contributed by atoms with Crippen molar-refractivity contribution >= 4 is 22.4 Å². The summed E-state index contributed by atoms with van der Waals surface area (Å²) in [6.45, 7) is 3.34. The number of benzene rings is 3. The first-order valence-corrected chi connectivity index (χ1v) is 10.8. The molecule has 2 heterocycles. The van der Waals surface area contributed by atoms with Gasteiger partial charge in [0, 0.05) is 41.7 Å². The molecule has 0 saturated heterocycles. The van der Waals surface area contributed by atoms with Crippen LogP contribution in [0.25, 0.3) is 27.7 Å². The highest BCUT2D eigenvalue weighted by atomic mass is 16.5. The van der Waals surface area contributed by atoms with Crippen molar-refractivity contribution in [2.24, 2.45) is 0 Å². The third-order valence-corrected chi connectivity index (χ3v) is 6.19. The van der Waals surface area contributed by atoms with Crippen molar-refractivity contribution in [2.45, 2.75) is 19.9 Å². The monoisotopic (exact) mass is 423 g/mol. The van der Waals surface area contributed by atoms with Gasteiger partial charge in [0.05, 0.1) is 13.4 Å². The first-order chi connectivity index (χ1) is 15.6. The summed E-state index contributed by atoms with van der Waals surface area (Å²) < 4.78 is 11.5. The lowest BCUT2D eigenvalue weighted by molar-refractivity contribution is -0.126.